The van der Waals surface area contributed by atoms with Crippen LogP contribution < -0.4 is 0 Å². The van der Waals surface area contributed by atoms with Crippen molar-refractivity contribution in [2.24, 2.45) is 9.98 Å². The molecule has 0 unspecified atom stereocenters. The lowest BCUT2D eigenvalue weighted by Crippen LogP contribution is -2.11. The highest BCUT2D eigenvalue weighted by molar-refractivity contribution is 6.61. The SMILES string of the molecule is Cc1cccc(C(C)C)c1/N=C1/C(=N/c2c(C(C)C)cccc2C(C)C)c2cccc3cccc1c23. The lowest BCUT2D eigenvalue weighted by atomic mass is 9.92. The zero-order valence-electron chi connectivity index (χ0n) is 22.6. The molecule has 0 fully saturated rings. The second-order valence-corrected chi connectivity index (χ2v) is 10.9. The highest BCUT2D eigenvalue weighted by Crippen LogP contribution is 2.40. The van der Waals surface area contributed by atoms with Crippen molar-refractivity contribution in [3.05, 3.63) is 106 Å². The Bertz CT molecular complexity index is 1480. The summed E-state index contributed by atoms with van der Waals surface area (Å²) in [6.07, 6.45) is 0. The molecular formula is C34H36N2. The van der Waals surface area contributed by atoms with Crippen molar-refractivity contribution in [3.8, 4) is 0 Å². The van der Waals surface area contributed by atoms with Gasteiger partial charge in [-0.05, 0) is 52.3 Å². The molecule has 0 amide bonds. The average Bonchev–Trinajstić information content (AvgIpc) is 3.14. The molecule has 1 aliphatic rings. The second-order valence-electron chi connectivity index (χ2n) is 10.9. The molecule has 36 heavy (non-hydrogen) atoms. The molecule has 0 saturated heterocycles. The predicted molar refractivity (Wildman–Crippen MR) is 156 cm³/mol. The molecular weight excluding hydrogens is 436 g/mol. The molecule has 0 radical (unpaired) electrons. The summed E-state index contributed by atoms with van der Waals surface area (Å²) >= 11 is 0. The fourth-order valence-electron chi connectivity index (χ4n) is 5.38. The lowest BCUT2D eigenvalue weighted by Gasteiger charge is -2.18. The van der Waals surface area contributed by atoms with Crippen LogP contribution in [0.15, 0.2) is 82.8 Å². The second kappa shape index (κ2) is 9.50. The zero-order valence-corrected chi connectivity index (χ0v) is 22.6. The molecule has 5 rings (SSSR count). The smallest absolute Gasteiger partial charge is 0.0979 e. The van der Waals surface area contributed by atoms with Gasteiger partial charge in [0.1, 0.15) is 0 Å². The van der Waals surface area contributed by atoms with Crippen LogP contribution in [0.25, 0.3) is 10.8 Å². The van der Waals surface area contributed by atoms with E-state index in [1.54, 1.807) is 0 Å². The van der Waals surface area contributed by atoms with Gasteiger partial charge in [0.2, 0.25) is 0 Å². The van der Waals surface area contributed by atoms with E-state index in [4.69, 9.17) is 9.98 Å². The molecule has 182 valence electrons. The number of aryl methyl sites for hydroxylation is 1. The van der Waals surface area contributed by atoms with Crippen molar-refractivity contribution in [1.82, 2.24) is 0 Å². The van der Waals surface area contributed by atoms with Crippen LogP contribution in [0.1, 0.15) is 92.7 Å². The summed E-state index contributed by atoms with van der Waals surface area (Å²) in [5.41, 5.74) is 11.5. The molecule has 0 saturated carbocycles. The van der Waals surface area contributed by atoms with E-state index in [0.717, 1.165) is 22.8 Å². The lowest BCUT2D eigenvalue weighted by molar-refractivity contribution is 0.835. The van der Waals surface area contributed by atoms with Crippen molar-refractivity contribution in [3.63, 3.8) is 0 Å². The Kier molecular flexibility index (Phi) is 6.38. The predicted octanol–water partition coefficient (Wildman–Crippen LogP) is 9.77. The molecule has 0 heterocycles. The van der Waals surface area contributed by atoms with Crippen LogP contribution in [-0.2, 0) is 0 Å². The van der Waals surface area contributed by atoms with E-state index in [0.29, 0.717) is 17.8 Å². The van der Waals surface area contributed by atoms with E-state index in [1.165, 1.54) is 44.2 Å². The van der Waals surface area contributed by atoms with Crippen molar-refractivity contribution in [2.75, 3.05) is 0 Å². The minimum absolute atomic E-state index is 0.381. The first-order chi connectivity index (χ1) is 17.3. The maximum atomic E-state index is 5.51. The average molecular weight is 473 g/mol. The molecule has 0 bridgehead atoms. The summed E-state index contributed by atoms with van der Waals surface area (Å²) in [4.78, 5) is 10.9. The number of hydrogen-bond donors (Lipinski definition) is 0. The first-order valence-electron chi connectivity index (χ1n) is 13.2. The number of benzene rings is 4. The Hall–Kier alpha value is -3.52. The third kappa shape index (κ3) is 4.09. The molecule has 2 nitrogen and oxygen atoms in total. The summed E-state index contributed by atoms with van der Waals surface area (Å²) < 4.78 is 0. The number of aliphatic imine (C=N–C) groups is 2. The topological polar surface area (TPSA) is 24.7 Å². The molecule has 0 spiro atoms. The van der Waals surface area contributed by atoms with E-state index in [9.17, 15) is 0 Å². The van der Waals surface area contributed by atoms with Crippen LogP contribution in [0.5, 0.6) is 0 Å². The van der Waals surface area contributed by atoms with Crippen LogP contribution in [0.3, 0.4) is 0 Å². The van der Waals surface area contributed by atoms with Crippen molar-refractivity contribution >= 4 is 33.6 Å². The van der Waals surface area contributed by atoms with Crippen LogP contribution in [0.2, 0.25) is 0 Å². The van der Waals surface area contributed by atoms with E-state index in [2.05, 4.69) is 121 Å². The Morgan fingerprint density at radius 2 is 0.917 bits per heavy atom. The molecule has 0 aromatic heterocycles. The number of rotatable bonds is 5. The minimum Gasteiger partial charge on any atom is -0.246 e. The van der Waals surface area contributed by atoms with Gasteiger partial charge in [-0.3, -0.25) is 0 Å². The third-order valence-electron chi connectivity index (χ3n) is 7.32. The van der Waals surface area contributed by atoms with Gasteiger partial charge in [-0.2, -0.15) is 0 Å². The highest BCUT2D eigenvalue weighted by Gasteiger charge is 2.29. The van der Waals surface area contributed by atoms with Gasteiger partial charge >= 0.3 is 0 Å². The van der Waals surface area contributed by atoms with Gasteiger partial charge in [0.15, 0.2) is 0 Å². The Labute approximate surface area is 215 Å². The van der Waals surface area contributed by atoms with Gasteiger partial charge in [0.25, 0.3) is 0 Å². The molecule has 2 heteroatoms. The normalized spacial score (nSPS) is 15.4. The summed E-state index contributed by atoms with van der Waals surface area (Å²) in [6, 6.07) is 26.2. The van der Waals surface area contributed by atoms with Gasteiger partial charge in [0.05, 0.1) is 22.8 Å². The summed E-state index contributed by atoms with van der Waals surface area (Å²) in [6.45, 7) is 15.7. The first-order valence-corrected chi connectivity index (χ1v) is 13.2. The summed E-state index contributed by atoms with van der Waals surface area (Å²) in [7, 11) is 0. The molecule has 0 atom stereocenters. The Morgan fingerprint density at radius 3 is 1.42 bits per heavy atom. The van der Waals surface area contributed by atoms with Gasteiger partial charge in [-0.1, -0.05) is 114 Å². The quantitative estimate of drug-likeness (QED) is 0.276. The van der Waals surface area contributed by atoms with Crippen LogP contribution >= 0.6 is 0 Å². The molecule has 0 N–H and O–H groups in total. The maximum Gasteiger partial charge on any atom is 0.0979 e. The monoisotopic (exact) mass is 472 g/mol. The molecule has 4 aromatic rings. The van der Waals surface area contributed by atoms with Gasteiger partial charge in [-0.15, -0.1) is 0 Å². The van der Waals surface area contributed by atoms with Crippen molar-refractivity contribution in [1.29, 1.82) is 0 Å². The largest absolute Gasteiger partial charge is 0.246 e. The van der Waals surface area contributed by atoms with Gasteiger partial charge < -0.3 is 0 Å². The van der Waals surface area contributed by atoms with Crippen molar-refractivity contribution in [2.45, 2.75) is 66.2 Å². The number of nitrogens with zero attached hydrogens (tertiary/aromatic N) is 2. The Morgan fingerprint density at radius 1 is 0.500 bits per heavy atom. The third-order valence-corrected chi connectivity index (χ3v) is 7.32. The fourth-order valence-corrected chi connectivity index (χ4v) is 5.38. The standard InChI is InChI=1S/C34H36N2/c1-20(2)25-15-8-12-23(7)31(25)35-33-28-18-9-13-24-14-10-19-29(30(24)28)34(33)36-32-26(21(3)4)16-11-17-27(32)22(5)6/h8-22H,1-7H3/b35-33+,36-34+. The Balaban J connectivity index is 1.86. The van der Waals surface area contributed by atoms with Gasteiger partial charge in [-0.25, -0.2) is 9.98 Å². The minimum atomic E-state index is 0.381. The fraction of sp³-hybridized carbons (Fsp3) is 0.294. The van der Waals surface area contributed by atoms with Crippen LogP contribution in [-0.4, -0.2) is 11.4 Å². The number of para-hydroxylation sites is 2. The highest BCUT2D eigenvalue weighted by atomic mass is 14.8. The summed E-state index contributed by atoms with van der Waals surface area (Å²) in [5, 5.41) is 2.49. The van der Waals surface area contributed by atoms with Crippen molar-refractivity contribution < 1.29 is 0 Å². The van der Waals surface area contributed by atoms with Crippen LogP contribution in [0.4, 0.5) is 11.4 Å². The maximum absolute atomic E-state index is 5.51. The van der Waals surface area contributed by atoms with Gasteiger partial charge in [0, 0.05) is 16.5 Å². The first kappa shape index (κ1) is 24.2. The molecule has 0 aliphatic heterocycles. The molecule has 1 aliphatic carbocycles. The van der Waals surface area contributed by atoms with E-state index >= 15 is 0 Å². The number of hydrogen-bond acceptors (Lipinski definition) is 2. The van der Waals surface area contributed by atoms with E-state index < -0.39 is 0 Å². The molecule has 4 aromatic carbocycles. The van der Waals surface area contributed by atoms with Crippen LogP contribution in [0, 0.1) is 6.92 Å². The zero-order chi connectivity index (χ0) is 25.6. The summed E-state index contributed by atoms with van der Waals surface area (Å²) in [5.74, 6) is 1.15. The van der Waals surface area contributed by atoms with E-state index in [-0.39, 0.29) is 0 Å². The van der Waals surface area contributed by atoms with E-state index in [1.807, 2.05) is 0 Å².